The number of nitrogens with two attached hydrogens (primary N) is 2. The number of rotatable bonds is 2. The molecule has 0 bridgehead atoms. The van der Waals surface area contributed by atoms with Crippen molar-refractivity contribution in [3.63, 3.8) is 0 Å². The number of carbonyl (C=O) groups is 1. The van der Waals surface area contributed by atoms with Crippen molar-refractivity contribution in [1.29, 1.82) is 0 Å². The van der Waals surface area contributed by atoms with Crippen LogP contribution in [0.3, 0.4) is 0 Å². The lowest BCUT2D eigenvalue weighted by atomic mass is 10.1. The molecular formula is C11H15N3O2. The van der Waals surface area contributed by atoms with Gasteiger partial charge in [-0.05, 0) is 31.0 Å². The Kier molecular flexibility index (Phi) is 2.96. The lowest BCUT2D eigenvalue weighted by Crippen LogP contribution is -2.31. The van der Waals surface area contributed by atoms with Crippen LogP contribution in [-0.4, -0.2) is 19.1 Å². The quantitative estimate of drug-likeness (QED) is 0.727. The number of carbonyl (C=O) groups excluding carboxylic acids is 1. The number of nitrogen functional groups attached to an aromatic ring is 1. The van der Waals surface area contributed by atoms with Crippen LogP contribution < -0.4 is 16.5 Å². The highest BCUT2D eigenvalue weighted by molar-refractivity contribution is 5.99. The summed E-state index contributed by atoms with van der Waals surface area (Å²) in [5.41, 5.74) is 12.7. The number of amides is 1. The summed E-state index contributed by atoms with van der Waals surface area (Å²) in [4.78, 5) is 16.8. The SMILES string of the molecule is NC(=O)c1ccc(N)cc1N1CCCCO1. The molecule has 1 aliphatic heterocycles. The Hall–Kier alpha value is -1.75. The highest BCUT2D eigenvalue weighted by Crippen LogP contribution is 2.25. The number of anilines is 2. The molecule has 1 aromatic rings. The first-order chi connectivity index (χ1) is 7.68. The van der Waals surface area contributed by atoms with Crippen LogP contribution in [0.5, 0.6) is 0 Å². The second kappa shape index (κ2) is 4.40. The zero-order valence-corrected chi connectivity index (χ0v) is 8.98. The van der Waals surface area contributed by atoms with E-state index in [4.69, 9.17) is 16.3 Å². The van der Waals surface area contributed by atoms with Gasteiger partial charge in [0.1, 0.15) is 0 Å². The second-order valence-electron chi connectivity index (χ2n) is 3.78. The van der Waals surface area contributed by atoms with Gasteiger partial charge in [0, 0.05) is 12.2 Å². The molecule has 0 aliphatic carbocycles. The molecule has 16 heavy (non-hydrogen) atoms. The van der Waals surface area contributed by atoms with Gasteiger partial charge in [0.25, 0.3) is 5.91 Å². The van der Waals surface area contributed by atoms with Gasteiger partial charge >= 0.3 is 0 Å². The smallest absolute Gasteiger partial charge is 0.250 e. The highest BCUT2D eigenvalue weighted by Gasteiger charge is 2.18. The molecule has 4 N–H and O–H groups in total. The molecule has 1 fully saturated rings. The summed E-state index contributed by atoms with van der Waals surface area (Å²) in [7, 11) is 0. The van der Waals surface area contributed by atoms with Gasteiger partial charge in [-0.15, -0.1) is 0 Å². The molecule has 1 aliphatic rings. The standard InChI is InChI=1S/C11H15N3O2/c12-8-3-4-9(11(13)15)10(7-8)14-5-1-2-6-16-14/h3-4,7H,1-2,5-6,12H2,(H2,13,15). The fraction of sp³-hybridized carbons (Fsp3) is 0.364. The molecule has 0 radical (unpaired) electrons. The third-order valence-corrected chi connectivity index (χ3v) is 2.56. The Morgan fingerprint density at radius 3 is 2.81 bits per heavy atom. The van der Waals surface area contributed by atoms with E-state index in [1.807, 2.05) is 0 Å². The molecule has 1 saturated heterocycles. The molecule has 2 rings (SSSR count). The fourth-order valence-electron chi connectivity index (χ4n) is 1.75. The van der Waals surface area contributed by atoms with E-state index in [0.717, 1.165) is 19.4 Å². The minimum absolute atomic E-state index is 0.441. The van der Waals surface area contributed by atoms with Crippen LogP contribution >= 0.6 is 0 Å². The maximum atomic E-state index is 11.3. The van der Waals surface area contributed by atoms with Gasteiger partial charge in [0.15, 0.2) is 0 Å². The van der Waals surface area contributed by atoms with E-state index in [0.29, 0.717) is 23.5 Å². The van der Waals surface area contributed by atoms with E-state index in [1.165, 1.54) is 0 Å². The fourth-order valence-corrected chi connectivity index (χ4v) is 1.75. The van der Waals surface area contributed by atoms with E-state index in [9.17, 15) is 4.79 Å². The number of hydrogen-bond acceptors (Lipinski definition) is 4. The summed E-state index contributed by atoms with van der Waals surface area (Å²) in [5.74, 6) is -0.468. The maximum absolute atomic E-state index is 11.3. The Labute approximate surface area is 93.9 Å². The molecule has 0 aromatic heterocycles. The van der Waals surface area contributed by atoms with Crippen molar-refractivity contribution < 1.29 is 9.63 Å². The Bertz CT molecular complexity index is 400. The van der Waals surface area contributed by atoms with E-state index in [1.54, 1.807) is 23.3 Å². The zero-order valence-electron chi connectivity index (χ0n) is 8.98. The van der Waals surface area contributed by atoms with Gasteiger partial charge in [-0.3, -0.25) is 14.7 Å². The Balaban J connectivity index is 2.36. The second-order valence-corrected chi connectivity index (χ2v) is 3.78. The third-order valence-electron chi connectivity index (χ3n) is 2.56. The van der Waals surface area contributed by atoms with Crippen molar-refractivity contribution in [2.75, 3.05) is 23.9 Å². The Morgan fingerprint density at radius 1 is 1.38 bits per heavy atom. The number of hydroxylamine groups is 1. The van der Waals surface area contributed by atoms with Crippen LogP contribution in [0.15, 0.2) is 18.2 Å². The Morgan fingerprint density at radius 2 is 2.19 bits per heavy atom. The van der Waals surface area contributed by atoms with E-state index in [2.05, 4.69) is 0 Å². The molecule has 1 amide bonds. The summed E-state index contributed by atoms with van der Waals surface area (Å²) in [6.07, 6.45) is 2.07. The van der Waals surface area contributed by atoms with Gasteiger partial charge in [-0.1, -0.05) is 0 Å². The molecule has 1 aromatic carbocycles. The molecule has 0 saturated carbocycles. The lowest BCUT2D eigenvalue weighted by Gasteiger charge is -2.29. The first-order valence-corrected chi connectivity index (χ1v) is 5.28. The zero-order chi connectivity index (χ0) is 11.5. The molecular weight excluding hydrogens is 206 g/mol. The largest absolute Gasteiger partial charge is 0.399 e. The van der Waals surface area contributed by atoms with Crippen molar-refractivity contribution in [3.05, 3.63) is 23.8 Å². The topological polar surface area (TPSA) is 81.6 Å². The van der Waals surface area contributed by atoms with Gasteiger partial charge in [-0.2, -0.15) is 0 Å². The molecule has 1 heterocycles. The predicted molar refractivity (Wildman–Crippen MR) is 61.9 cm³/mol. The number of benzene rings is 1. The predicted octanol–water partition coefficient (Wildman–Crippen LogP) is 0.899. The van der Waals surface area contributed by atoms with Crippen molar-refractivity contribution in [2.45, 2.75) is 12.8 Å². The number of hydrogen-bond donors (Lipinski definition) is 2. The summed E-state index contributed by atoms with van der Waals surface area (Å²) >= 11 is 0. The lowest BCUT2D eigenvalue weighted by molar-refractivity contribution is 0.0767. The summed E-state index contributed by atoms with van der Waals surface area (Å²) < 4.78 is 0. The summed E-state index contributed by atoms with van der Waals surface area (Å²) in [5, 5.41) is 1.69. The monoisotopic (exact) mass is 221 g/mol. The van der Waals surface area contributed by atoms with Gasteiger partial charge in [-0.25, -0.2) is 0 Å². The van der Waals surface area contributed by atoms with Crippen LogP contribution in [-0.2, 0) is 4.84 Å². The average Bonchev–Trinajstić information content (AvgIpc) is 2.29. The first kappa shape index (κ1) is 10.8. The van der Waals surface area contributed by atoms with Crippen molar-refractivity contribution in [2.24, 2.45) is 5.73 Å². The molecule has 0 atom stereocenters. The molecule has 86 valence electrons. The normalized spacial score (nSPS) is 16.1. The third kappa shape index (κ3) is 2.09. The van der Waals surface area contributed by atoms with Gasteiger partial charge < -0.3 is 11.5 Å². The van der Waals surface area contributed by atoms with E-state index in [-0.39, 0.29) is 0 Å². The van der Waals surface area contributed by atoms with Gasteiger partial charge in [0.2, 0.25) is 0 Å². The van der Waals surface area contributed by atoms with E-state index < -0.39 is 5.91 Å². The summed E-state index contributed by atoms with van der Waals surface area (Å²) in [6.45, 7) is 1.41. The van der Waals surface area contributed by atoms with Crippen LogP contribution in [0, 0.1) is 0 Å². The highest BCUT2D eigenvalue weighted by atomic mass is 16.7. The minimum atomic E-state index is -0.468. The number of primary amides is 1. The van der Waals surface area contributed by atoms with Crippen molar-refractivity contribution in [3.8, 4) is 0 Å². The summed E-state index contributed by atoms with van der Waals surface area (Å²) in [6, 6.07) is 5.00. The van der Waals surface area contributed by atoms with Crippen LogP contribution in [0.4, 0.5) is 11.4 Å². The van der Waals surface area contributed by atoms with Crippen molar-refractivity contribution in [1.82, 2.24) is 0 Å². The first-order valence-electron chi connectivity index (χ1n) is 5.28. The van der Waals surface area contributed by atoms with Crippen LogP contribution in [0.2, 0.25) is 0 Å². The van der Waals surface area contributed by atoms with Crippen molar-refractivity contribution >= 4 is 17.3 Å². The molecule has 0 unspecified atom stereocenters. The maximum Gasteiger partial charge on any atom is 0.250 e. The molecule has 0 spiro atoms. The molecule has 5 heteroatoms. The number of nitrogens with zero attached hydrogens (tertiary/aromatic N) is 1. The van der Waals surface area contributed by atoms with Gasteiger partial charge in [0.05, 0.1) is 17.9 Å². The van der Waals surface area contributed by atoms with Crippen LogP contribution in [0.25, 0.3) is 0 Å². The minimum Gasteiger partial charge on any atom is -0.399 e. The molecule has 5 nitrogen and oxygen atoms in total. The average molecular weight is 221 g/mol. The van der Waals surface area contributed by atoms with E-state index >= 15 is 0 Å². The van der Waals surface area contributed by atoms with Crippen LogP contribution in [0.1, 0.15) is 23.2 Å².